The molecule has 0 aromatic carbocycles. The van der Waals surface area contributed by atoms with E-state index in [1.54, 1.807) is 0 Å². The molecular formula is C21H36N2O8S. The van der Waals surface area contributed by atoms with Crippen molar-refractivity contribution in [3.05, 3.63) is 0 Å². The average Bonchev–Trinajstić information content (AvgIpc) is 3.30. The first kappa shape index (κ1) is 26.7. The second kappa shape index (κ2) is 16.1. The monoisotopic (exact) mass is 476 g/mol. The third kappa shape index (κ3) is 11.3. The van der Waals surface area contributed by atoms with Gasteiger partial charge in [0.2, 0.25) is 0 Å². The van der Waals surface area contributed by atoms with Crippen molar-refractivity contribution in [3.63, 3.8) is 0 Å². The summed E-state index contributed by atoms with van der Waals surface area (Å²) in [6.45, 7) is 0.305. The van der Waals surface area contributed by atoms with Gasteiger partial charge in [0.15, 0.2) is 0 Å². The molecule has 0 radical (unpaired) electrons. The van der Waals surface area contributed by atoms with Crippen LogP contribution in [0.15, 0.2) is 0 Å². The number of rotatable bonds is 19. The zero-order valence-electron chi connectivity index (χ0n) is 18.6. The van der Waals surface area contributed by atoms with E-state index in [4.69, 9.17) is 5.11 Å². The molecule has 2 rings (SSSR count). The van der Waals surface area contributed by atoms with Crippen LogP contribution >= 0.6 is 11.8 Å². The molecule has 2 amide bonds. The van der Waals surface area contributed by atoms with Gasteiger partial charge < -0.3 is 15.7 Å². The number of unbranched alkanes of at least 4 members (excludes halogenated alkanes) is 8. The standard InChI is InChI=1S/C21H36N2O8S/c24-16(12-8-9-13-18-19-17(15-32-18)22-20(25)23-19)11-7-5-3-1-2-4-6-10-14-28-30-31-29-21(26)27/h17-19H,1-15H2,(H,26,27)(H2,22,23,25)/t17-,18-,19-/m0/s1. The Balaban J connectivity index is 1.29. The molecule has 2 saturated heterocycles. The zero-order chi connectivity index (χ0) is 23.0. The van der Waals surface area contributed by atoms with Gasteiger partial charge in [-0.2, -0.15) is 11.8 Å². The SMILES string of the molecule is O=C(CCCCCCCCCCOOOOC(=O)O)CCCC[C@@H]1SC[C@@H]2NC(=O)N[C@@H]21. The van der Waals surface area contributed by atoms with Gasteiger partial charge in [-0.1, -0.05) is 44.9 Å². The molecule has 3 atom stereocenters. The highest BCUT2D eigenvalue weighted by atomic mass is 32.2. The molecule has 0 aliphatic carbocycles. The normalized spacial score (nSPS) is 21.8. The summed E-state index contributed by atoms with van der Waals surface area (Å²) in [6, 6.07) is 0.485. The molecule has 11 heteroatoms. The fourth-order valence-corrected chi connectivity index (χ4v) is 5.62. The van der Waals surface area contributed by atoms with E-state index >= 15 is 0 Å². The Morgan fingerprint density at radius 2 is 1.56 bits per heavy atom. The number of carbonyl (C=O) groups is 3. The molecule has 184 valence electrons. The van der Waals surface area contributed by atoms with Crippen molar-refractivity contribution < 1.29 is 39.3 Å². The van der Waals surface area contributed by atoms with E-state index in [0.29, 0.717) is 30.5 Å². The lowest BCUT2D eigenvalue weighted by Crippen LogP contribution is -2.36. The molecule has 0 saturated carbocycles. The van der Waals surface area contributed by atoms with Gasteiger partial charge in [-0.15, -0.1) is 0 Å². The molecule has 2 aliphatic rings. The van der Waals surface area contributed by atoms with Crippen LogP contribution in [0, 0.1) is 0 Å². The van der Waals surface area contributed by atoms with E-state index in [1.165, 1.54) is 0 Å². The largest absolute Gasteiger partial charge is 0.540 e. The maximum atomic E-state index is 12.1. The number of ketones is 1. The van der Waals surface area contributed by atoms with E-state index in [1.807, 2.05) is 11.8 Å². The highest BCUT2D eigenvalue weighted by Gasteiger charge is 2.42. The summed E-state index contributed by atoms with van der Waals surface area (Å²) < 4.78 is 0. The third-order valence-electron chi connectivity index (χ3n) is 5.75. The van der Waals surface area contributed by atoms with E-state index in [9.17, 15) is 14.4 Å². The maximum Gasteiger partial charge on any atom is 0.540 e. The Labute approximate surface area is 193 Å². The van der Waals surface area contributed by atoms with Gasteiger partial charge in [-0.05, 0) is 30.7 Å². The molecule has 10 nitrogen and oxygen atoms in total. The highest BCUT2D eigenvalue weighted by molar-refractivity contribution is 8.00. The number of Topliss-reactive ketones (excluding diaryl/α,β-unsaturated/α-hetero) is 1. The van der Waals surface area contributed by atoms with Crippen molar-refractivity contribution in [2.24, 2.45) is 0 Å². The Hall–Kier alpha value is -1.56. The molecule has 3 N–H and O–H groups in total. The van der Waals surface area contributed by atoms with Gasteiger partial charge in [0.05, 0.1) is 18.7 Å². The van der Waals surface area contributed by atoms with E-state index < -0.39 is 6.16 Å². The first-order valence-corrected chi connectivity index (χ1v) is 12.7. The Morgan fingerprint density at radius 3 is 2.28 bits per heavy atom. The van der Waals surface area contributed by atoms with Gasteiger partial charge in [0.25, 0.3) is 0 Å². The lowest BCUT2D eigenvalue weighted by Gasteiger charge is -2.16. The minimum absolute atomic E-state index is 0.0432. The van der Waals surface area contributed by atoms with Crippen LogP contribution in [0.3, 0.4) is 0 Å². The van der Waals surface area contributed by atoms with Crippen molar-refractivity contribution >= 4 is 29.7 Å². The van der Waals surface area contributed by atoms with Gasteiger partial charge in [0.1, 0.15) is 5.78 Å². The van der Waals surface area contributed by atoms with Crippen LogP contribution in [-0.2, 0) is 24.6 Å². The van der Waals surface area contributed by atoms with E-state index in [2.05, 4.69) is 30.5 Å². The number of urea groups is 1. The molecule has 32 heavy (non-hydrogen) atoms. The van der Waals surface area contributed by atoms with Crippen molar-refractivity contribution in [3.8, 4) is 0 Å². The van der Waals surface area contributed by atoms with Crippen molar-refractivity contribution in [2.75, 3.05) is 12.4 Å². The molecule has 2 aliphatic heterocycles. The Bertz CT molecular complexity index is 580. The molecule has 2 fully saturated rings. The molecule has 0 unspecified atom stereocenters. The fraction of sp³-hybridized carbons (Fsp3) is 0.857. The van der Waals surface area contributed by atoms with Crippen LogP contribution in [0.2, 0.25) is 0 Å². The molecule has 0 aromatic rings. The van der Waals surface area contributed by atoms with E-state index in [-0.39, 0.29) is 18.1 Å². The number of nitrogens with one attached hydrogen (secondary N) is 2. The molecule has 2 heterocycles. The smallest absolute Gasteiger partial charge is 0.448 e. The first-order valence-electron chi connectivity index (χ1n) is 11.6. The van der Waals surface area contributed by atoms with Crippen LogP contribution in [0.1, 0.15) is 83.5 Å². The van der Waals surface area contributed by atoms with Crippen LogP contribution in [0.25, 0.3) is 0 Å². The lowest BCUT2D eigenvalue weighted by atomic mass is 10.0. The van der Waals surface area contributed by atoms with Gasteiger partial charge in [-0.3, -0.25) is 4.79 Å². The number of fused-ring (bicyclic) bond motifs is 1. The summed E-state index contributed by atoms with van der Waals surface area (Å²) in [5.74, 6) is 1.36. The quantitative estimate of drug-likeness (QED) is 0.108. The number of hydrogen-bond donors (Lipinski definition) is 3. The minimum atomic E-state index is -1.61. The molecular weight excluding hydrogens is 440 g/mol. The number of carbonyl (C=O) groups excluding carboxylic acids is 2. The van der Waals surface area contributed by atoms with Crippen LogP contribution in [0.5, 0.6) is 0 Å². The maximum absolute atomic E-state index is 12.1. The summed E-state index contributed by atoms with van der Waals surface area (Å²) in [4.78, 5) is 41.6. The predicted molar refractivity (Wildman–Crippen MR) is 118 cm³/mol. The number of carboxylic acid groups (broad SMARTS) is 1. The second-order valence-electron chi connectivity index (χ2n) is 8.29. The summed E-state index contributed by atoms with van der Waals surface area (Å²) in [7, 11) is 0. The van der Waals surface area contributed by atoms with Gasteiger partial charge in [0, 0.05) is 28.9 Å². The topological polar surface area (TPSA) is 132 Å². The average molecular weight is 477 g/mol. The second-order valence-corrected chi connectivity index (χ2v) is 9.56. The number of thioether (sulfide) groups is 1. The zero-order valence-corrected chi connectivity index (χ0v) is 19.4. The lowest BCUT2D eigenvalue weighted by molar-refractivity contribution is -0.618. The van der Waals surface area contributed by atoms with Crippen LogP contribution in [-0.4, -0.2) is 52.8 Å². The van der Waals surface area contributed by atoms with Crippen molar-refractivity contribution in [1.29, 1.82) is 0 Å². The summed E-state index contributed by atoms with van der Waals surface area (Å²) in [5.41, 5.74) is 0. The molecule has 0 bridgehead atoms. The Morgan fingerprint density at radius 1 is 0.906 bits per heavy atom. The third-order valence-corrected chi connectivity index (χ3v) is 7.26. The Kier molecular flexibility index (Phi) is 13.4. The number of hydrogen-bond acceptors (Lipinski definition) is 8. The fourth-order valence-electron chi connectivity index (χ4n) is 4.08. The first-order chi connectivity index (χ1) is 15.6. The minimum Gasteiger partial charge on any atom is -0.448 e. The summed E-state index contributed by atoms with van der Waals surface area (Å²) in [6.07, 6.45) is 11.2. The van der Waals surface area contributed by atoms with Gasteiger partial charge in [-0.25, -0.2) is 19.4 Å². The highest BCUT2D eigenvalue weighted by Crippen LogP contribution is 2.33. The molecule has 0 aromatic heterocycles. The molecule has 0 spiro atoms. The number of amides is 2. The summed E-state index contributed by atoms with van der Waals surface area (Å²) in [5, 5.41) is 22.4. The van der Waals surface area contributed by atoms with Gasteiger partial charge >= 0.3 is 12.2 Å². The van der Waals surface area contributed by atoms with E-state index in [0.717, 1.165) is 76.4 Å². The van der Waals surface area contributed by atoms with Crippen LogP contribution in [0.4, 0.5) is 9.59 Å². The van der Waals surface area contributed by atoms with Crippen molar-refractivity contribution in [2.45, 2.75) is 101 Å². The van der Waals surface area contributed by atoms with Crippen molar-refractivity contribution in [1.82, 2.24) is 10.6 Å². The van der Waals surface area contributed by atoms with Crippen LogP contribution < -0.4 is 10.6 Å². The summed E-state index contributed by atoms with van der Waals surface area (Å²) >= 11 is 1.93. The predicted octanol–water partition coefficient (Wildman–Crippen LogP) is 4.28.